The monoisotopic (exact) mass is 414 g/mol. The van der Waals surface area contributed by atoms with Crippen molar-refractivity contribution in [1.82, 2.24) is 20.9 Å². The van der Waals surface area contributed by atoms with Crippen molar-refractivity contribution in [3.8, 4) is 0 Å². The maximum atomic E-state index is 12.9. The Bertz CT molecular complexity index is 893. The molecule has 30 heavy (non-hydrogen) atoms. The summed E-state index contributed by atoms with van der Waals surface area (Å²) in [5.74, 6) is -2.01. The molecule has 9 nitrogen and oxygen atoms in total. The maximum Gasteiger partial charge on any atom is 0.262 e. The lowest BCUT2D eigenvalue weighted by atomic mass is 9.79. The summed E-state index contributed by atoms with van der Waals surface area (Å²) in [7, 11) is 0. The zero-order valence-corrected chi connectivity index (χ0v) is 16.7. The average Bonchev–Trinajstić information content (AvgIpc) is 2.99. The first-order valence-electron chi connectivity index (χ1n) is 10.3. The Hall–Kier alpha value is -2.62. The van der Waals surface area contributed by atoms with Gasteiger partial charge in [0.2, 0.25) is 11.8 Å². The fraction of sp³-hybridized carbons (Fsp3) is 0.524. The molecular formula is C21H26N4O5. The second-order valence-corrected chi connectivity index (χ2v) is 8.34. The molecule has 2 saturated heterocycles. The van der Waals surface area contributed by atoms with Crippen LogP contribution in [0.4, 0.5) is 0 Å². The number of benzene rings is 1. The van der Waals surface area contributed by atoms with Gasteiger partial charge in [-0.05, 0) is 50.0 Å². The van der Waals surface area contributed by atoms with E-state index < -0.39 is 29.7 Å². The molecule has 1 aromatic carbocycles. The Morgan fingerprint density at radius 1 is 1.10 bits per heavy atom. The van der Waals surface area contributed by atoms with Crippen molar-refractivity contribution in [1.29, 1.82) is 0 Å². The van der Waals surface area contributed by atoms with Crippen molar-refractivity contribution >= 4 is 23.6 Å². The molecule has 2 fully saturated rings. The number of imide groups is 2. The molecule has 0 bridgehead atoms. The van der Waals surface area contributed by atoms with Crippen LogP contribution < -0.4 is 16.0 Å². The Morgan fingerprint density at radius 3 is 2.53 bits per heavy atom. The lowest BCUT2D eigenvalue weighted by Gasteiger charge is -2.36. The highest BCUT2D eigenvalue weighted by molar-refractivity contribution is 6.23. The number of hydrogen-bond donors (Lipinski definition) is 4. The van der Waals surface area contributed by atoms with Crippen molar-refractivity contribution in [3.05, 3.63) is 34.9 Å². The predicted molar refractivity (Wildman–Crippen MR) is 106 cm³/mol. The minimum Gasteiger partial charge on any atom is -0.396 e. The largest absolute Gasteiger partial charge is 0.396 e. The molecule has 3 aliphatic heterocycles. The number of hydrogen-bond acceptors (Lipinski definition) is 7. The van der Waals surface area contributed by atoms with Crippen LogP contribution in [0.5, 0.6) is 0 Å². The topological polar surface area (TPSA) is 128 Å². The summed E-state index contributed by atoms with van der Waals surface area (Å²) in [6, 6.07) is 4.13. The van der Waals surface area contributed by atoms with Crippen LogP contribution >= 0.6 is 0 Å². The van der Waals surface area contributed by atoms with Crippen LogP contribution in [0.3, 0.4) is 0 Å². The van der Waals surface area contributed by atoms with Crippen LogP contribution in [0.15, 0.2) is 18.2 Å². The Labute approximate surface area is 174 Å². The number of carbonyl (C=O) groups excluding carboxylic acids is 4. The van der Waals surface area contributed by atoms with Gasteiger partial charge in [-0.1, -0.05) is 6.07 Å². The number of aliphatic hydroxyl groups is 1. The van der Waals surface area contributed by atoms with Crippen molar-refractivity contribution in [3.63, 3.8) is 0 Å². The van der Waals surface area contributed by atoms with E-state index in [0.717, 1.165) is 36.4 Å². The number of carbonyl (C=O) groups is 4. The maximum absolute atomic E-state index is 12.9. The van der Waals surface area contributed by atoms with Gasteiger partial charge in [0, 0.05) is 24.9 Å². The van der Waals surface area contributed by atoms with Crippen LogP contribution in [0.2, 0.25) is 0 Å². The molecule has 0 saturated carbocycles. The van der Waals surface area contributed by atoms with Crippen LogP contribution in [0.1, 0.15) is 52.0 Å². The number of rotatable bonds is 6. The van der Waals surface area contributed by atoms with Crippen molar-refractivity contribution in [2.75, 3.05) is 26.2 Å². The summed E-state index contributed by atoms with van der Waals surface area (Å²) in [5, 5.41) is 18.7. The third-order valence-electron chi connectivity index (χ3n) is 6.33. The van der Waals surface area contributed by atoms with E-state index in [9.17, 15) is 24.3 Å². The van der Waals surface area contributed by atoms with E-state index in [0.29, 0.717) is 13.1 Å². The number of nitrogens with one attached hydrogen (secondary N) is 3. The normalized spacial score (nSPS) is 23.5. The SMILES string of the molecule is O=C1CCC(N2C(=O)c3ccc(CNCC4(CO)CCNCC4)cc3C2=O)C(=O)N1. The first-order valence-corrected chi connectivity index (χ1v) is 10.3. The third-order valence-corrected chi connectivity index (χ3v) is 6.33. The standard InChI is InChI=1S/C21H26N4O5/c26-12-21(5-7-22-8-6-21)11-23-10-13-1-2-14-15(9-13)20(30)25(19(14)29)16-3-4-17(27)24-18(16)28/h1-2,9,16,22-23,26H,3-8,10-12H2,(H,24,27,28). The smallest absolute Gasteiger partial charge is 0.262 e. The summed E-state index contributed by atoms with van der Waals surface area (Å²) in [6.07, 6.45) is 2.03. The molecule has 1 unspecified atom stereocenters. The summed E-state index contributed by atoms with van der Waals surface area (Å²) in [6.45, 7) is 3.06. The summed E-state index contributed by atoms with van der Waals surface area (Å²) in [5.41, 5.74) is 1.26. The average molecular weight is 414 g/mol. The molecule has 3 aliphatic rings. The molecule has 3 heterocycles. The molecule has 0 aliphatic carbocycles. The van der Waals surface area contributed by atoms with Gasteiger partial charge in [0.05, 0.1) is 17.7 Å². The van der Waals surface area contributed by atoms with Crippen LogP contribution in [-0.4, -0.2) is 65.9 Å². The van der Waals surface area contributed by atoms with Crippen molar-refractivity contribution in [2.45, 2.75) is 38.3 Å². The van der Waals surface area contributed by atoms with E-state index in [-0.39, 0.29) is 36.0 Å². The molecule has 0 radical (unpaired) electrons. The van der Waals surface area contributed by atoms with E-state index in [1.165, 1.54) is 0 Å². The van der Waals surface area contributed by atoms with E-state index in [2.05, 4.69) is 16.0 Å². The molecule has 0 aromatic heterocycles. The minimum absolute atomic E-state index is 0.0983. The van der Waals surface area contributed by atoms with Gasteiger partial charge in [-0.3, -0.25) is 29.4 Å². The van der Waals surface area contributed by atoms with E-state index in [1.54, 1.807) is 18.2 Å². The molecule has 9 heteroatoms. The minimum atomic E-state index is -0.957. The van der Waals surface area contributed by atoms with Crippen LogP contribution in [0.25, 0.3) is 0 Å². The summed E-state index contributed by atoms with van der Waals surface area (Å²) >= 11 is 0. The van der Waals surface area contributed by atoms with Gasteiger partial charge in [0.1, 0.15) is 6.04 Å². The lowest BCUT2D eigenvalue weighted by Crippen LogP contribution is -2.54. The highest BCUT2D eigenvalue weighted by Crippen LogP contribution is 2.29. The van der Waals surface area contributed by atoms with Gasteiger partial charge in [0.15, 0.2) is 0 Å². The molecule has 4 rings (SSSR count). The molecule has 4 amide bonds. The Morgan fingerprint density at radius 2 is 1.83 bits per heavy atom. The third kappa shape index (κ3) is 3.76. The first-order chi connectivity index (χ1) is 14.4. The highest BCUT2D eigenvalue weighted by atomic mass is 16.3. The lowest BCUT2D eigenvalue weighted by molar-refractivity contribution is -0.136. The number of nitrogens with zero attached hydrogens (tertiary/aromatic N) is 1. The van der Waals surface area contributed by atoms with Crippen molar-refractivity contribution in [2.24, 2.45) is 5.41 Å². The Kier molecular flexibility index (Phi) is 5.68. The second-order valence-electron chi connectivity index (χ2n) is 8.34. The fourth-order valence-electron chi connectivity index (χ4n) is 4.45. The first kappa shape index (κ1) is 20.6. The number of amides is 4. The molecule has 1 atom stereocenters. The highest BCUT2D eigenvalue weighted by Gasteiger charge is 2.44. The molecule has 1 aromatic rings. The molecular weight excluding hydrogens is 388 g/mol. The molecule has 0 spiro atoms. The van der Waals surface area contributed by atoms with E-state index in [1.807, 2.05) is 0 Å². The van der Waals surface area contributed by atoms with E-state index >= 15 is 0 Å². The van der Waals surface area contributed by atoms with E-state index in [4.69, 9.17) is 0 Å². The predicted octanol–water partition coefficient (Wildman–Crippen LogP) is -0.460. The zero-order chi connectivity index (χ0) is 21.3. The van der Waals surface area contributed by atoms with Gasteiger partial charge >= 0.3 is 0 Å². The summed E-state index contributed by atoms with van der Waals surface area (Å²) < 4.78 is 0. The molecule has 4 N–H and O–H groups in total. The summed E-state index contributed by atoms with van der Waals surface area (Å²) in [4.78, 5) is 50.1. The van der Waals surface area contributed by atoms with Crippen LogP contribution in [0, 0.1) is 5.41 Å². The van der Waals surface area contributed by atoms with Gasteiger partial charge in [0.25, 0.3) is 11.8 Å². The van der Waals surface area contributed by atoms with Gasteiger partial charge < -0.3 is 15.7 Å². The number of fused-ring (bicyclic) bond motifs is 1. The Balaban J connectivity index is 1.44. The van der Waals surface area contributed by atoms with Gasteiger partial charge in [-0.2, -0.15) is 0 Å². The number of aliphatic hydroxyl groups excluding tert-OH is 1. The quantitative estimate of drug-likeness (QED) is 0.464. The molecule has 160 valence electrons. The number of piperidine rings is 2. The second kappa shape index (κ2) is 8.25. The fourth-order valence-corrected chi connectivity index (χ4v) is 4.45. The zero-order valence-electron chi connectivity index (χ0n) is 16.7. The van der Waals surface area contributed by atoms with Crippen molar-refractivity contribution < 1.29 is 24.3 Å². The van der Waals surface area contributed by atoms with Gasteiger partial charge in [-0.25, -0.2) is 0 Å². The van der Waals surface area contributed by atoms with Gasteiger partial charge in [-0.15, -0.1) is 0 Å². The van der Waals surface area contributed by atoms with Crippen LogP contribution in [-0.2, 0) is 16.1 Å².